The molecule has 0 amide bonds. The van der Waals surface area contributed by atoms with E-state index in [2.05, 4.69) is 46.7 Å². The van der Waals surface area contributed by atoms with E-state index < -0.39 is 0 Å². The van der Waals surface area contributed by atoms with Gasteiger partial charge in [0.2, 0.25) is 0 Å². The summed E-state index contributed by atoms with van der Waals surface area (Å²) in [5.41, 5.74) is 1.19. The van der Waals surface area contributed by atoms with Crippen molar-refractivity contribution in [2.45, 2.75) is 33.2 Å². The summed E-state index contributed by atoms with van der Waals surface area (Å²) in [6.07, 6.45) is 5.70. The largest absolute Gasteiger partial charge is 0.370 e. The fraction of sp³-hybridized carbons (Fsp3) is 0.429. The highest BCUT2D eigenvalue weighted by molar-refractivity contribution is 5.43. The van der Waals surface area contributed by atoms with Gasteiger partial charge in [0.1, 0.15) is 11.6 Å². The number of hydrogen-bond acceptors (Lipinski definition) is 3. The zero-order chi connectivity index (χ0) is 13.0. The van der Waals surface area contributed by atoms with Gasteiger partial charge in [0.15, 0.2) is 0 Å². The summed E-state index contributed by atoms with van der Waals surface area (Å²) in [5.74, 6) is 2.50. The van der Waals surface area contributed by atoms with E-state index in [9.17, 15) is 0 Å². The van der Waals surface area contributed by atoms with E-state index >= 15 is 0 Å². The van der Waals surface area contributed by atoms with Crippen LogP contribution in [0.3, 0.4) is 0 Å². The van der Waals surface area contributed by atoms with Gasteiger partial charge in [-0.3, -0.25) is 0 Å². The van der Waals surface area contributed by atoms with Crippen LogP contribution in [0.2, 0.25) is 0 Å². The zero-order valence-corrected chi connectivity index (χ0v) is 11.2. The molecular formula is C14H20N4. The quantitative estimate of drug-likeness (QED) is 0.879. The van der Waals surface area contributed by atoms with E-state index in [4.69, 9.17) is 0 Å². The Bertz CT molecular complexity index is 502. The normalized spacial score (nSPS) is 10.9. The molecule has 0 spiro atoms. The predicted molar refractivity (Wildman–Crippen MR) is 73.8 cm³/mol. The van der Waals surface area contributed by atoms with Crippen LogP contribution in [0.1, 0.15) is 38.1 Å². The lowest BCUT2D eigenvalue weighted by Gasteiger charge is -2.13. The number of anilines is 1. The molecule has 2 heterocycles. The third-order valence-electron chi connectivity index (χ3n) is 2.84. The predicted octanol–water partition coefficient (Wildman–Crippen LogP) is 2.88. The Balaban J connectivity index is 2.25. The number of pyridine rings is 1. The molecule has 4 heteroatoms. The highest BCUT2D eigenvalue weighted by atomic mass is 15.1. The molecule has 0 unspecified atom stereocenters. The molecule has 0 saturated heterocycles. The molecule has 0 aliphatic carbocycles. The van der Waals surface area contributed by atoms with Gasteiger partial charge in [0.25, 0.3) is 0 Å². The Labute approximate surface area is 108 Å². The Morgan fingerprint density at radius 2 is 2.11 bits per heavy atom. The number of rotatable bonds is 5. The molecule has 0 saturated carbocycles. The molecule has 0 fully saturated rings. The van der Waals surface area contributed by atoms with Crippen LogP contribution in [-0.4, -0.2) is 21.1 Å². The van der Waals surface area contributed by atoms with E-state index in [0.29, 0.717) is 5.92 Å². The number of aromatic nitrogens is 3. The first-order chi connectivity index (χ1) is 8.72. The molecule has 2 aromatic rings. The van der Waals surface area contributed by atoms with Crippen LogP contribution in [-0.2, 0) is 6.54 Å². The van der Waals surface area contributed by atoms with Crippen LogP contribution in [0.4, 0.5) is 5.82 Å². The summed E-state index contributed by atoms with van der Waals surface area (Å²) < 4.78 is 2.18. The molecular weight excluding hydrogens is 224 g/mol. The van der Waals surface area contributed by atoms with Gasteiger partial charge in [-0.15, -0.1) is 0 Å². The van der Waals surface area contributed by atoms with Crippen LogP contribution in [0.25, 0.3) is 0 Å². The molecule has 4 nitrogen and oxygen atoms in total. The summed E-state index contributed by atoms with van der Waals surface area (Å²) in [7, 11) is 0. The minimum atomic E-state index is 0.430. The summed E-state index contributed by atoms with van der Waals surface area (Å²) >= 11 is 0. The molecule has 2 aromatic heterocycles. The van der Waals surface area contributed by atoms with Crippen LogP contribution in [0.15, 0.2) is 30.7 Å². The Morgan fingerprint density at radius 1 is 1.28 bits per heavy atom. The lowest BCUT2D eigenvalue weighted by molar-refractivity contribution is 0.669. The molecule has 0 aliphatic rings. The SMILES string of the molecule is CCNc1ncccc1Cn1ccnc1C(C)C. The Hall–Kier alpha value is -1.84. The van der Waals surface area contributed by atoms with Gasteiger partial charge in [-0.2, -0.15) is 0 Å². The molecule has 1 N–H and O–H groups in total. The second-order valence-electron chi connectivity index (χ2n) is 4.61. The van der Waals surface area contributed by atoms with Gasteiger partial charge in [0.05, 0.1) is 6.54 Å². The number of nitrogens with zero attached hydrogens (tertiary/aromatic N) is 3. The molecule has 0 aromatic carbocycles. The first kappa shape index (κ1) is 12.6. The fourth-order valence-electron chi connectivity index (χ4n) is 2.03. The highest BCUT2D eigenvalue weighted by Gasteiger charge is 2.09. The van der Waals surface area contributed by atoms with Gasteiger partial charge in [-0.1, -0.05) is 19.9 Å². The van der Waals surface area contributed by atoms with Crippen LogP contribution < -0.4 is 5.32 Å². The average Bonchev–Trinajstić information content (AvgIpc) is 2.80. The fourth-order valence-corrected chi connectivity index (χ4v) is 2.03. The topological polar surface area (TPSA) is 42.7 Å². The van der Waals surface area contributed by atoms with Crippen molar-refractivity contribution in [3.63, 3.8) is 0 Å². The van der Waals surface area contributed by atoms with Gasteiger partial charge in [0, 0.05) is 36.6 Å². The van der Waals surface area contributed by atoms with E-state index in [-0.39, 0.29) is 0 Å². The molecule has 0 atom stereocenters. The van der Waals surface area contributed by atoms with Gasteiger partial charge >= 0.3 is 0 Å². The molecule has 96 valence electrons. The van der Waals surface area contributed by atoms with Crippen molar-refractivity contribution in [1.82, 2.24) is 14.5 Å². The number of nitrogens with one attached hydrogen (secondary N) is 1. The smallest absolute Gasteiger partial charge is 0.130 e. The van der Waals surface area contributed by atoms with Crippen molar-refractivity contribution in [2.75, 3.05) is 11.9 Å². The molecule has 0 bridgehead atoms. The zero-order valence-electron chi connectivity index (χ0n) is 11.2. The Kier molecular flexibility index (Phi) is 3.97. The highest BCUT2D eigenvalue weighted by Crippen LogP contribution is 2.17. The molecule has 0 radical (unpaired) electrons. The van der Waals surface area contributed by atoms with E-state index in [1.54, 1.807) is 0 Å². The van der Waals surface area contributed by atoms with Crippen molar-refractivity contribution < 1.29 is 0 Å². The van der Waals surface area contributed by atoms with Gasteiger partial charge in [-0.25, -0.2) is 9.97 Å². The molecule has 2 rings (SSSR count). The minimum Gasteiger partial charge on any atom is -0.370 e. The monoisotopic (exact) mass is 244 g/mol. The van der Waals surface area contributed by atoms with Gasteiger partial charge in [-0.05, 0) is 13.0 Å². The lowest BCUT2D eigenvalue weighted by Crippen LogP contribution is -2.09. The van der Waals surface area contributed by atoms with Crippen molar-refractivity contribution >= 4 is 5.82 Å². The first-order valence-corrected chi connectivity index (χ1v) is 6.41. The summed E-state index contributed by atoms with van der Waals surface area (Å²) in [4.78, 5) is 8.79. The molecule has 0 aliphatic heterocycles. The van der Waals surface area contributed by atoms with Gasteiger partial charge < -0.3 is 9.88 Å². The van der Waals surface area contributed by atoms with E-state index in [1.807, 2.05) is 24.7 Å². The van der Waals surface area contributed by atoms with Crippen molar-refractivity contribution in [2.24, 2.45) is 0 Å². The molecule has 18 heavy (non-hydrogen) atoms. The van der Waals surface area contributed by atoms with Crippen molar-refractivity contribution in [1.29, 1.82) is 0 Å². The van der Waals surface area contributed by atoms with E-state index in [0.717, 1.165) is 24.7 Å². The maximum absolute atomic E-state index is 4.41. The second-order valence-corrected chi connectivity index (χ2v) is 4.61. The standard InChI is InChI=1S/C14H20N4/c1-4-15-13-12(6-5-7-16-13)10-18-9-8-17-14(18)11(2)3/h5-9,11H,4,10H2,1-3H3,(H,15,16). The van der Waals surface area contributed by atoms with Crippen LogP contribution in [0, 0.1) is 0 Å². The lowest BCUT2D eigenvalue weighted by atomic mass is 10.2. The first-order valence-electron chi connectivity index (χ1n) is 6.41. The third-order valence-corrected chi connectivity index (χ3v) is 2.84. The summed E-state index contributed by atoms with van der Waals surface area (Å²) in [6.45, 7) is 8.09. The van der Waals surface area contributed by atoms with Crippen LogP contribution in [0.5, 0.6) is 0 Å². The van der Waals surface area contributed by atoms with Crippen molar-refractivity contribution in [3.8, 4) is 0 Å². The summed E-state index contributed by atoms with van der Waals surface area (Å²) in [6, 6.07) is 4.08. The number of hydrogen-bond donors (Lipinski definition) is 1. The van der Waals surface area contributed by atoms with E-state index in [1.165, 1.54) is 5.56 Å². The summed E-state index contributed by atoms with van der Waals surface area (Å²) in [5, 5.41) is 3.29. The number of imidazole rings is 1. The second kappa shape index (κ2) is 5.67. The van der Waals surface area contributed by atoms with Crippen molar-refractivity contribution in [3.05, 3.63) is 42.1 Å². The average molecular weight is 244 g/mol. The minimum absolute atomic E-state index is 0.430. The third kappa shape index (κ3) is 2.70. The Morgan fingerprint density at radius 3 is 2.83 bits per heavy atom. The van der Waals surface area contributed by atoms with Crippen LogP contribution >= 0.6 is 0 Å². The maximum Gasteiger partial charge on any atom is 0.130 e. The maximum atomic E-state index is 4.41.